The number of unbranched alkanes of at least 4 members (excludes halogenated alkanes) is 3. The minimum absolute atomic E-state index is 0.0413. The molecule has 2 rings (SSSR count). The quantitative estimate of drug-likeness (QED) is 0.373. The van der Waals surface area contributed by atoms with E-state index in [0.29, 0.717) is 25.0 Å². The number of carbonyl (C=O) groups is 1. The average molecular weight is 411 g/mol. The maximum absolute atomic E-state index is 10.5. The molecule has 0 aliphatic heterocycles. The number of aliphatic carboxylic acids is 1. The minimum atomic E-state index is -0.753. The zero-order valence-corrected chi connectivity index (χ0v) is 17.3. The lowest BCUT2D eigenvalue weighted by molar-refractivity contribution is -0.137. The van der Waals surface area contributed by atoms with Gasteiger partial charge in [-0.25, -0.2) is 0 Å². The van der Waals surface area contributed by atoms with Gasteiger partial charge in [0.05, 0.1) is 18.3 Å². The molecule has 1 aromatic rings. The summed E-state index contributed by atoms with van der Waals surface area (Å²) in [7, 11) is 0. The van der Waals surface area contributed by atoms with Gasteiger partial charge in [-0.1, -0.05) is 49.6 Å². The Hall–Kier alpha value is -1.08. The minimum Gasteiger partial charge on any atom is -0.481 e. The molecule has 4 N–H and O–H groups in total. The predicted octanol–water partition coefficient (Wildman–Crippen LogP) is 3.25. The van der Waals surface area contributed by atoms with Crippen molar-refractivity contribution in [2.45, 2.75) is 81.3 Å². The lowest BCUT2D eigenvalue weighted by Crippen LogP contribution is -2.27. The Balaban J connectivity index is 1.69. The Morgan fingerprint density at radius 2 is 1.79 bits per heavy atom. The Bertz CT molecular complexity index is 567. The number of rotatable bonds is 13. The van der Waals surface area contributed by atoms with Gasteiger partial charge in [0.15, 0.2) is 0 Å². The van der Waals surface area contributed by atoms with Crippen molar-refractivity contribution >= 4 is 17.7 Å². The van der Waals surface area contributed by atoms with Crippen LogP contribution in [0, 0.1) is 5.92 Å². The molecule has 1 saturated carbocycles. The molecular weight excluding hydrogens is 376 g/mol. The molecule has 0 bridgehead atoms. The Labute approximate surface area is 172 Å². The molecule has 5 atom stereocenters. The van der Waals surface area contributed by atoms with Gasteiger partial charge in [0.1, 0.15) is 0 Å². The van der Waals surface area contributed by atoms with Gasteiger partial charge in [-0.05, 0) is 37.2 Å². The van der Waals surface area contributed by atoms with Crippen LogP contribution >= 0.6 is 11.8 Å². The van der Waals surface area contributed by atoms with E-state index < -0.39 is 24.3 Å². The summed E-state index contributed by atoms with van der Waals surface area (Å²) in [5.74, 6) is -0.145. The van der Waals surface area contributed by atoms with Gasteiger partial charge in [0.2, 0.25) is 0 Å². The first-order chi connectivity index (χ1) is 13.5. The van der Waals surface area contributed by atoms with E-state index in [1.165, 1.54) is 5.56 Å². The van der Waals surface area contributed by atoms with E-state index in [1.807, 2.05) is 18.2 Å². The lowest BCUT2D eigenvalue weighted by atomic mass is 9.97. The van der Waals surface area contributed by atoms with Crippen molar-refractivity contribution in [3.63, 3.8) is 0 Å². The van der Waals surface area contributed by atoms with Gasteiger partial charge >= 0.3 is 5.97 Å². The number of hydrogen-bond acceptors (Lipinski definition) is 5. The molecule has 158 valence electrons. The highest BCUT2D eigenvalue weighted by Crippen LogP contribution is 2.39. The van der Waals surface area contributed by atoms with Crippen LogP contribution in [0.2, 0.25) is 0 Å². The highest BCUT2D eigenvalue weighted by molar-refractivity contribution is 8.00. The summed E-state index contributed by atoms with van der Waals surface area (Å²) in [5, 5.41) is 39.6. The molecule has 5 nitrogen and oxygen atoms in total. The fraction of sp³-hybridized carbons (Fsp3) is 0.682. The molecule has 0 spiro atoms. The smallest absolute Gasteiger partial charge is 0.303 e. The SMILES string of the molecule is O=C(O)CCCCCC[C@H]1C(O)CC(O)[C@@H]1SCC(O)CCc1ccccc1. The second kappa shape index (κ2) is 12.5. The summed E-state index contributed by atoms with van der Waals surface area (Å²) in [5.41, 5.74) is 1.21. The fourth-order valence-electron chi connectivity index (χ4n) is 3.95. The van der Waals surface area contributed by atoms with E-state index in [0.717, 1.165) is 32.1 Å². The van der Waals surface area contributed by atoms with E-state index >= 15 is 0 Å². The molecule has 0 amide bonds. The van der Waals surface area contributed by atoms with Gasteiger partial charge in [-0.15, -0.1) is 0 Å². The standard InChI is InChI=1S/C22H34O5S/c23-17(13-12-16-8-4-3-5-9-16)15-28-22-18(19(24)14-20(22)25)10-6-1-2-7-11-21(26)27/h3-5,8-9,17-20,22-25H,1-2,6-7,10-15H2,(H,26,27)/t17?,18-,19?,20?,22+/m0/s1. The zero-order valence-electron chi connectivity index (χ0n) is 16.4. The van der Waals surface area contributed by atoms with Gasteiger partial charge in [0, 0.05) is 23.8 Å². The molecule has 0 radical (unpaired) electrons. The highest BCUT2D eigenvalue weighted by Gasteiger charge is 2.41. The fourth-order valence-corrected chi connectivity index (χ4v) is 5.45. The van der Waals surface area contributed by atoms with Crippen molar-refractivity contribution in [1.29, 1.82) is 0 Å². The van der Waals surface area contributed by atoms with Crippen LogP contribution in [0.1, 0.15) is 56.9 Å². The van der Waals surface area contributed by atoms with E-state index in [9.17, 15) is 20.1 Å². The van der Waals surface area contributed by atoms with Crippen LogP contribution in [0.25, 0.3) is 0 Å². The third-order valence-corrected chi connectivity index (χ3v) is 7.17. The van der Waals surface area contributed by atoms with Crippen LogP contribution in [-0.4, -0.2) is 55.7 Å². The normalized spacial score (nSPS) is 25.7. The number of carboxylic acid groups (broad SMARTS) is 1. The molecule has 1 fully saturated rings. The first kappa shape index (κ1) is 23.2. The van der Waals surface area contributed by atoms with Gasteiger partial charge < -0.3 is 20.4 Å². The monoisotopic (exact) mass is 410 g/mol. The topological polar surface area (TPSA) is 98.0 Å². The summed E-state index contributed by atoms with van der Waals surface area (Å²) in [6, 6.07) is 10.1. The molecule has 28 heavy (non-hydrogen) atoms. The molecule has 0 aromatic heterocycles. The highest BCUT2D eigenvalue weighted by atomic mass is 32.2. The number of carboxylic acids is 1. The van der Waals surface area contributed by atoms with E-state index in [-0.39, 0.29) is 17.6 Å². The van der Waals surface area contributed by atoms with Crippen LogP contribution < -0.4 is 0 Å². The first-order valence-electron chi connectivity index (χ1n) is 10.4. The van der Waals surface area contributed by atoms with Gasteiger partial charge in [-0.2, -0.15) is 11.8 Å². The van der Waals surface area contributed by atoms with Crippen molar-refractivity contribution < 1.29 is 25.2 Å². The first-order valence-corrected chi connectivity index (χ1v) is 11.4. The van der Waals surface area contributed by atoms with Crippen molar-refractivity contribution in [1.82, 2.24) is 0 Å². The summed E-state index contributed by atoms with van der Waals surface area (Å²) >= 11 is 1.58. The maximum Gasteiger partial charge on any atom is 0.303 e. The largest absolute Gasteiger partial charge is 0.481 e. The summed E-state index contributed by atoms with van der Waals surface area (Å²) < 4.78 is 0. The zero-order chi connectivity index (χ0) is 20.4. The van der Waals surface area contributed by atoms with Crippen molar-refractivity contribution in [2.24, 2.45) is 5.92 Å². The van der Waals surface area contributed by atoms with E-state index in [2.05, 4.69) is 12.1 Å². The number of aryl methyl sites for hydroxylation is 1. The van der Waals surface area contributed by atoms with Crippen molar-refractivity contribution in [3.05, 3.63) is 35.9 Å². The third-order valence-electron chi connectivity index (χ3n) is 5.55. The van der Waals surface area contributed by atoms with Crippen LogP contribution in [-0.2, 0) is 11.2 Å². The summed E-state index contributed by atoms with van der Waals surface area (Å²) in [6.07, 6.45) is 4.98. The number of hydrogen-bond donors (Lipinski definition) is 4. The molecule has 0 saturated heterocycles. The molecule has 0 heterocycles. The van der Waals surface area contributed by atoms with Crippen LogP contribution in [0.4, 0.5) is 0 Å². The van der Waals surface area contributed by atoms with Crippen LogP contribution in [0.15, 0.2) is 30.3 Å². The number of aliphatic hydroxyl groups is 3. The average Bonchev–Trinajstić information content (AvgIpc) is 2.94. The Morgan fingerprint density at radius 1 is 1.07 bits per heavy atom. The van der Waals surface area contributed by atoms with E-state index in [1.54, 1.807) is 11.8 Å². The summed E-state index contributed by atoms with van der Waals surface area (Å²) in [4.78, 5) is 10.5. The van der Waals surface area contributed by atoms with Crippen LogP contribution in [0.5, 0.6) is 0 Å². The van der Waals surface area contributed by atoms with Gasteiger partial charge in [0.25, 0.3) is 0 Å². The molecule has 1 aromatic carbocycles. The lowest BCUT2D eigenvalue weighted by Gasteiger charge is -2.24. The third kappa shape index (κ3) is 8.11. The molecule has 1 aliphatic rings. The van der Waals surface area contributed by atoms with E-state index in [4.69, 9.17) is 5.11 Å². The maximum atomic E-state index is 10.5. The molecular formula is C22H34O5S. The Morgan fingerprint density at radius 3 is 2.50 bits per heavy atom. The molecule has 3 unspecified atom stereocenters. The van der Waals surface area contributed by atoms with Crippen molar-refractivity contribution in [3.8, 4) is 0 Å². The summed E-state index contributed by atoms with van der Waals surface area (Å²) in [6.45, 7) is 0. The predicted molar refractivity (Wildman–Crippen MR) is 112 cm³/mol. The number of thioether (sulfide) groups is 1. The second-order valence-electron chi connectivity index (χ2n) is 7.86. The second-order valence-corrected chi connectivity index (χ2v) is 9.07. The van der Waals surface area contributed by atoms with Crippen LogP contribution in [0.3, 0.4) is 0 Å². The Kier molecular flexibility index (Phi) is 10.3. The molecule has 1 aliphatic carbocycles. The van der Waals surface area contributed by atoms with Crippen molar-refractivity contribution in [2.75, 3.05) is 5.75 Å². The van der Waals surface area contributed by atoms with Gasteiger partial charge in [-0.3, -0.25) is 4.79 Å². The molecule has 6 heteroatoms. The number of aliphatic hydroxyl groups excluding tert-OH is 3. The number of benzene rings is 1.